The van der Waals surface area contributed by atoms with Gasteiger partial charge in [0, 0.05) is 17.6 Å². The fourth-order valence-corrected chi connectivity index (χ4v) is 2.06. The van der Waals surface area contributed by atoms with Crippen LogP contribution in [0.2, 0.25) is 0 Å². The Morgan fingerprint density at radius 3 is 3.00 bits per heavy atom. The molecule has 0 unspecified atom stereocenters. The van der Waals surface area contributed by atoms with Crippen LogP contribution in [0.4, 0.5) is 0 Å². The average Bonchev–Trinajstić information content (AvgIpc) is 2.85. The molecule has 0 amide bonds. The predicted molar refractivity (Wildman–Crippen MR) is 72.7 cm³/mol. The van der Waals surface area contributed by atoms with Crippen molar-refractivity contribution < 1.29 is 0 Å². The van der Waals surface area contributed by atoms with Crippen LogP contribution in [0, 0.1) is 0 Å². The summed E-state index contributed by atoms with van der Waals surface area (Å²) in [5.41, 5.74) is 2.18. The van der Waals surface area contributed by atoms with Gasteiger partial charge in [-0.3, -0.25) is 0 Å². The van der Waals surface area contributed by atoms with Gasteiger partial charge < -0.3 is 5.32 Å². The molecule has 0 fully saturated rings. The third-order valence-electron chi connectivity index (χ3n) is 2.52. The second-order valence-corrected chi connectivity index (χ2v) is 4.61. The lowest BCUT2D eigenvalue weighted by Gasteiger charge is -2.03. The molecule has 0 saturated carbocycles. The second-order valence-electron chi connectivity index (χ2n) is 3.73. The maximum absolute atomic E-state index is 4.54. The van der Waals surface area contributed by atoms with Crippen LogP contribution in [0.5, 0.6) is 0 Å². The number of rotatable bonds is 5. The van der Waals surface area contributed by atoms with Gasteiger partial charge in [-0.1, -0.05) is 13.0 Å². The third-order valence-corrected chi connectivity index (χ3v) is 3.24. The van der Waals surface area contributed by atoms with Crippen molar-refractivity contribution in [1.82, 2.24) is 15.1 Å². The molecule has 0 aliphatic heterocycles. The molecule has 0 spiro atoms. The van der Waals surface area contributed by atoms with Gasteiger partial charge in [0.15, 0.2) is 0 Å². The fourth-order valence-electron chi connectivity index (χ4n) is 1.61. The highest BCUT2D eigenvalue weighted by molar-refractivity contribution is 7.98. The predicted octanol–water partition coefficient (Wildman–Crippen LogP) is 2.70. The molecule has 0 atom stereocenters. The molecule has 1 heterocycles. The number of nitrogens with one attached hydrogen (secondary N) is 1. The Bertz CT molecular complexity index is 479. The average molecular weight is 247 g/mol. The summed E-state index contributed by atoms with van der Waals surface area (Å²) in [6.45, 7) is 3.89. The van der Waals surface area contributed by atoms with E-state index in [-0.39, 0.29) is 0 Å². The van der Waals surface area contributed by atoms with E-state index >= 15 is 0 Å². The quantitative estimate of drug-likeness (QED) is 0.824. The number of hydrogen-bond donors (Lipinski definition) is 1. The van der Waals surface area contributed by atoms with Gasteiger partial charge in [0.1, 0.15) is 0 Å². The summed E-state index contributed by atoms with van der Waals surface area (Å²) in [5, 5.41) is 7.81. The molecule has 0 radical (unpaired) electrons. The maximum atomic E-state index is 4.54. The van der Waals surface area contributed by atoms with Gasteiger partial charge in [-0.15, -0.1) is 11.8 Å². The summed E-state index contributed by atoms with van der Waals surface area (Å²) >= 11 is 1.74. The SMILES string of the molecule is CCNCc1ccn(-c2cccc(SC)c2)n1. The highest BCUT2D eigenvalue weighted by Gasteiger charge is 2.01. The smallest absolute Gasteiger partial charge is 0.0766 e. The molecule has 1 aromatic heterocycles. The van der Waals surface area contributed by atoms with E-state index in [1.165, 1.54) is 4.90 Å². The molecule has 0 aliphatic carbocycles. The van der Waals surface area contributed by atoms with Crippen molar-refractivity contribution in [3.05, 3.63) is 42.2 Å². The van der Waals surface area contributed by atoms with Crippen LogP contribution in [-0.2, 0) is 6.54 Å². The van der Waals surface area contributed by atoms with Crippen LogP contribution in [0.3, 0.4) is 0 Å². The Balaban J connectivity index is 2.18. The van der Waals surface area contributed by atoms with Crippen molar-refractivity contribution in [1.29, 1.82) is 0 Å². The number of hydrogen-bond acceptors (Lipinski definition) is 3. The third kappa shape index (κ3) is 3.11. The van der Waals surface area contributed by atoms with Gasteiger partial charge in [-0.05, 0) is 37.1 Å². The summed E-state index contributed by atoms with van der Waals surface area (Å²) in [6, 6.07) is 10.4. The minimum absolute atomic E-state index is 0.825. The Morgan fingerprint density at radius 1 is 1.35 bits per heavy atom. The zero-order valence-electron chi connectivity index (χ0n) is 10.2. The lowest BCUT2D eigenvalue weighted by Crippen LogP contribution is -2.12. The van der Waals surface area contributed by atoms with E-state index in [9.17, 15) is 0 Å². The van der Waals surface area contributed by atoms with E-state index in [0.29, 0.717) is 0 Å². The molecule has 90 valence electrons. The first-order valence-corrected chi connectivity index (χ1v) is 6.95. The van der Waals surface area contributed by atoms with Gasteiger partial charge in [0.25, 0.3) is 0 Å². The van der Waals surface area contributed by atoms with Crippen molar-refractivity contribution in [2.75, 3.05) is 12.8 Å². The lowest BCUT2D eigenvalue weighted by atomic mass is 10.3. The fraction of sp³-hybridized carbons (Fsp3) is 0.308. The van der Waals surface area contributed by atoms with Gasteiger partial charge in [-0.25, -0.2) is 4.68 Å². The zero-order chi connectivity index (χ0) is 12.1. The maximum Gasteiger partial charge on any atom is 0.0766 e. The first-order valence-electron chi connectivity index (χ1n) is 5.73. The molecule has 2 aromatic rings. The number of aromatic nitrogens is 2. The van der Waals surface area contributed by atoms with Crippen molar-refractivity contribution in [3.63, 3.8) is 0 Å². The first kappa shape index (κ1) is 12.2. The molecular formula is C13H17N3S. The van der Waals surface area contributed by atoms with Crippen LogP contribution in [0.15, 0.2) is 41.4 Å². The van der Waals surface area contributed by atoms with Crippen LogP contribution < -0.4 is 5.32 Å². The molecular weight excluding hydrogens is 230 g/mol. The van der Waals surface area contributed by atoms with E-state index in [1.807, 2.05) is 10.9 Å². The molecule has 17 heavy (non-hydrogen) atoms. The highest BCUT2D eigenvalue weighted by Crippen LogP contribution is 2.18. The largest absolute Gasteiger partial charge is 0.311 e. The van der Waals surface area contributed by atoms with Crippen LogP contribution in [0.1, 0.15) is 12.6 Å². The topological polar surface area (TPSA) is 29.9 Å². The summed E-state index contributed by atoms with van der Waals surface area (Å²) < 4.78 is 1.92. The molecule has 0 saturated heterocycles. The Kier molecular flexibility index (Phi) is 4.23. The molecule has 3 nitrogen and oxygen atoms in total. The van der Waals surface area contributed by atoms with Crippen LogP contribution >= 0.6 is 11.8 Å². The Labute approximate surface area is 106 Å². The monoisotopic (exact) mass is 247 g/mol. The van der Waals surface area contributed by atoms with Gasteiger partial charge in [0.2, 0.25) is 0 Å². The summed E-state index contributed by atoms with van der Waals surface area (Å²) in [4.78, 5) is 1.26. The zero-order valence-corrected chi connectivity index (χ0v) is 11.0. The molecule has 0 aliphatic rings. The van der Waals surface area contributed by atoms with E-state index in [4.69, 9.17) is 0 Å². The van der Waals surface area contributed by atoms with Crippen molar-refractivity contribution >= 4 is 11.8 Å². The summed E-state index contributed by atoms with van der Waals surface area (Å²) in [7, 11) is 0. The molecule has 0 bridgehead atoms. The number of nitrogens with zero attached hydrogens (tertiary/aromatic N) is 2. The molecule has 1 aromatic carbocycles. The Hall–Kier alpha value is -1.26. The standard InChI is InChI=1S/C13H17N3S/c1-3-14-10-11-7-8-16(15-11)12-5-4-6-13(9-12)17-2/h4-9,14H,3,10H2,1-2H3. The highest BCUT2D eigenvalue weighted by atomic mass is 32.2. The normalized spacial score (nSPS) is 10.7. The minimum Gasteiger partial charge on any atom is -0.311 e. The first-order chi connectivity index (χ1) is 8.33. The second kappa shape index (κ2) is 5.89. The van der Waals surface area contributed by atoms with Gasteiger partial charge in [-0.2, -0.15) is 5.10 Å². The molecule has 2 rings (SSSR count). The molecule has 4 heteroatoms. The van der Waals surface area contributed by atoms with Crippen LogP contribution in [-0.4, -0.2) is 22.6 Å². The van der Waals surface area contributed by atoms with E-state index in [1.54, 1.807) is 11.8 Å². The minimum atomic E-state index is 0.825. The Morgan fingerprint density at radius 2 is 2.24 bits per heavy atom. The van der Waals surface area contributed by atoms with E-state index in [2.05, 4.69) is 53.9 Å². The van der Waals surface area contributed by atoms with Crippen molar-refractivity contribution in [2.45, 2.75) is 18.4 Å². The van der Waals surface area contributed by atoms with E-state index in [0.717, 1.165) is 24.5 Å². The van der Waals surface area contributed by atoms with Crippen molar-refractivity contribution in [2.24, 2.45) is 0 Å². The van der Waals surface area contributed by atoms with Crippen molar-refractivity contribution in [3.8, 4) is 5.69 Å². The molecule has 1 N–H and O–H groups in total. The van der Waals surface area contributed by atoms with Crippen LogP contribution in [0.25, 0.3) is 5.69 Å². The van der Waals surface area contributed by atoms with Gasteiger partial charge >= 0.3 is 0 Å². The summed E-state index contributed by atoms with van der Waals surface area (Å²) in [5.74, 6) is 0. The van der Waals surface area contributed by atoms with E-state index < -0.39 is 0 Å². The summed E-state index contributed by atoms with van der Waals surface area (Å²) in [6.07, 6.45) is 4.09. The number of benzene rings is 1. The van der Waals surface area contributed by atoms with Gasteiger partial charge in [0.05, 0.1) is 11.4 Å². The lowest BCUT2D eigenvalue weighted by molar-refractivity contribution is 0.696. The number of thioether (sulfide) groups is 1.